The molecule has 0 spiro atoms. The number of carbonyl (C=O) groups excluding carboxylic acids is 1. The SMILES string of the molecule is O=C(N1CCCC(C(F)(F)F)C1)C(F)(F)C(F)F. The number of nitrogens with zero attached hydrogens (tertiary/aromatic N) is 1. The number of piperidine rings is 1. The van der Waals surface area contributed by atoms with E-state index in [4.69, 9.17) is 0 Å². The number of likely N-dealkylation sites (tertiary alicyclic amines) is 1. The summed E-state index contributed by atoms with van der Waals surface area (Å²) in [5, 5.41) is 0. The van der Waals surface area contributed by atoms with E-state index in [1.54, 1.807) is 0 Å². The van der Waals surface area contributed by atoms with Crippen molar-refractivity contribution >= 4 is 5.91 Å². The first kappa shape index (κ1) is 15.0. The van der Waals surface area contributed by atoms with Gasteiger partial charge in [0.2, 0.25) is 0 Å². The first-order valence-electron chi connectivity index (χ1n) is 5.09. The second-order valence-electron chi connectivity index (χ2n) is 4.06. The van der Waals surface area contributed by atoms with Crippen molar-refractivity contribution in [1.82, 2.24) is 4.90 Å². The summed E-state index contributed by atoms with van der Waals surface area (Å²) in [4.78, 5) is 11.2. The molecule has 1 heterocycles. The van der Waals surface area contributed by atoms with Crippen LogP contribution in [0.25, 0.3) is 0 Å². The highest BCUT2D eigenvalue weighted by Gasteiger charge is 2.53. The molecule has 0 aromatic heterocycles. The number of rotatable bonds is 2. The molecule has 1 amide bonds. The molecular formula is C9H10F7NO. The number of hydrogen-bond donors (Lipinski definition) is 0. The second-order valence-corrected chi connectivity index (χ2v) is 4.06. The van der Waals surface area contributed by atoms with Crippen molar-refractivity contribution in [3.63, 3.8) is 0 Å². The molecule has 1 aliphatic rings. The summed E-state index contributed by atoms with van der Waals surface area (Å²) in [5.74, 6) is -9.12. The van der Waals surface area contributed by atoms with Gasteiger partial charge in [-0.1, -0.05) is 0 Å². The van der Waals surface area contributed by atoms with E-state index in [0.717, 1.165) is 0 Å². The highest BCUT2D eigenvalue weighted by atomic mass is 19.4. The Labute approximate surface area is 97.7 Å². The third-order valence-corrected chi connectivity index (χ3v) is 2.73. The number of hydrogen-bond acceptors (Lipinski definition) is 1. The smallest absolute Gasteiger partial charge is 0.337 e. The lowest BCUT2D eigenvalue weighted by atomic mass is 9.97. The molecule has 0 saturated carbocycles. The zero-order valence-electron chi connectivity index (χ0n) is 8.98. The van der Waals surface area contributed by atoms with Crippen LogP contribution in [0.3, 0.4) is 0 Å². The highest BCUT2D eigenvalue weighted by Crippen LogP contribution is 2.35. The predicted octanol–water partition coefficient (Wildman–Crippen LogP) is 2.69. The summed E-state index contributed by atoms with van der Waals surface area (Å²) < 4.78 is 86.4. The maximum Gasteiger partial charge on any atom is 0.393 e. The van der Waals surface area contributed by atoms with Crippen molar-refractivity contribution in [2.24, 2.45) is 5.92 Å². The van der Waals surface area contributed by atoms with Crippen LogP contribution in [0.5, 0.6) is 0 Å². The number of alkyl halides is 7. The molecule has 1 unspecified atom stereocenters. The molecule has 0 aliphatic carbocycles. The second kappa shape index (κ2) is 4.93. The summed E-state index contributed by atoms with van der Waals surface area (Å²) in [6.07, 6.45) is -9.29. The van der Waals surface area contributed by atoms with Gasteiger partial charge in [-0.25, -0.2) is 8.78 Å². The quantitative estimate of drug-likeness (QED) is 0.713. The summed E-state index contributed by atoms with van der Waals surface area (Å²) in [5.41, 5.74) is 0. The molecule has 0 N–H and O–H groups in total. The highest BCUT2D eigenvalue weighted by molar-refractivity contribution is 5.84. The molecule has 18 heavy (non-hydrogen) atoms. The van der Waals surface area contributed by atoms with Crippen LogP contribution in [0.4, 0.5) is 30.7 Å². The van der Waals surface area contributed by atoms with Crippen LogP contribution < -0.4 is 0 Å². The standard InChI is InChI=1S/C9H10F7NO/c10-6(11)8(12,13)7(18)17-3-1-2-5(4-17)9(14,15)16/h5-6H,1-4H2. The third-order valence-electron chi connectivity index (χ3n) is 2.73. The minimum Gasteiger partial charge on any atom is -0.337 e. The normalized spacial score (nSPS) is 22.4. The van der Waals surface area contributed by atoms with E-state index >= 15 is 0 Å². The van der Waals surface area contributed by atoms with Crippen LogP contribution in [0.1, 0.15) is 12.8 Å². The Kier molecular flexibility index (Phi) is 4.12. The van der Waals surface area contributed by atoms with Crippen LogP contribution in [0.2, 0.25) is 0 Å². The van der Waals surface area contributed by atoms with Gasteiger partial charge < -0.3 is 4.90 Å². The van der Waals surface area contributed by atoms with E-state index in [-0.39, 0.29) is 24.3 Å². The zero-order valence-corrected chi connectivity index (χ0v) is 8.98. The van der Waals surface area contributed by atoms with Gasteiger partial charge in [-0.2, -0.15) is 22.0 Å². The van der Waals surface area contributed by atoms with E-state index in [9.17, 15) is 35.5 Å². The largest absolute Gasteiger partial charge is 0.393 e. The first-order valence-corrected chi connectivity index (χ1v) is 5.09. The number of halogens is 7. The van der Waals surface area contributed by atoms with E-state index in [2.05, 4.69) is 0 Å². The van der Waals surface area contributed by atoms with E-state index in [1.165, 1.54) is 0 Å². The molecule has 9 heteroatoms. The van der Waals surface area contributed by atoms with E-state index in [0.29, 0.717) is 0 Å². The summed E-state index contributed by atoms with van der Waals surface area (Å²) in [6.45, 7) is -1.36. The van der Waals surface area contributed by atoms with Gasteiger partial charge in [-0.05, 0) is 12.8 Å². The van der Waals surface area contributed by atoms with Crippen LogP contribution in [0, 0.1) is 5.92 Å². The Bertz CT molecular complexity index is 315. The van der Waals surface area contributed by atoms with Gasteiger partial charge in [0.25, 0.3) is 5.91 Å². The predicted molar refractivity (Wildman–Crippen MR) is 46.3 cm³/mol. The van der Waals surface area contributed by atoms with Gasteiger partial charge in [-0.3, -0.25) is 4.79 Å². The molecule has 106 valence electrons. The Balaban J connectivity index is 2.76. The Morgan fingerprint density at radius 1 is 1.17 bits per heavy atom. The molecule has 0 aromatic carbocycles. The van der Waals surface area contributed by atoms with Gasteiger partial charge >= 0.3 is 18.5 Å². The lowest BCUT2D eigenvalue weighted by Crippen LogP contribution is -2.52. The van der Waals surface area contributed by atoms with E-state index in [1.807, 2.05) is 0 Å². The van der Waals surface area contributed by atoms with Crippen molar-refractivity contribution in [3.8, 4) is 0 Å². The maximum atomic E-state index is 12.7. The van der Waals surface area contributed by atoms with E-state index < -0.39 is 36.9 Å². The molecule has 1 atom stereocenters. The molecule has 1 saturated heterocycles. The maximum absolute atomic E-state index is 12.7. The average Bonchev–Trinajstić information content (AvgIpc) is 2.26. The molecule has 1 fully saturated rings. The summed E-state index contributed by atoms with van der Waals surface area (Å²) >= 11 is 0. The molecular weight excluding hydrogens is 271 g/mol. The lowest BCUT2D eigenvalue weighted by molar-refractivity contribution is -0.200. The van der Waals surface area contributed by atoms with Crippen molar-refractivity contribution in [2.45, 2.75) is 31.4 Å². The number of amides is 1. The fourth-order valence-electron chi connectivity index (χ4n) is 1.73. The lowest BCUT2D eigenvalue weighted by Gasteiger charge is -2.35. The van der Waals surface area contributed by atoms with Crippen LogP contribution in [-0.4, -0.2) is 42.4 Å². The van der Waals surface area contributed by atoms with Crippen molar-refractivity contribution in [3.05, 3.63) is 0 Å². The van der Waals surface area contributed by atoms with Crippen LogP contribution in [0.15, 0.2) is 0 Å². The fraction of sp³-hybridized carbons (Fsp3) is 0.889. The fourth-order valence-corrected chi connectivity index (χ4v) is 1.73. The van der Waals surface area contributed by atoms with Gasteiger partial charge in [0, 0.05) is 13.1 Å². The number of carbonyl (C=O) groups is 1. The Hall–Kier alpha value is -1.02. The van der Waals surface area contributed by atoms with Gasteiger partial charge in [0.05, 0.1) is 5.92 Å². The molecule has 1 aliphatic heterocycles. The molecule has 1 rings (SSSR count). The monoisotopic (exact) mass is 281 g/mol. The summed E-state index contributed by atoms with van der Waals surface area (Å²) in [7, 11) is 0. The molecule has 0 aromatic rings. The van der Waals surface area contributed by atoms with Crippen LogP contribution >= 0.6 is 0 Å². The van der Waals surface area contributed by atoms with Crippen LogP contribution in [-0.2, 0) is 4.79 Å². The van der Waals surface area contributed by atoms with Crippen molar-refractivity contribution in [2.75, 3.05) is 13.1 Å². The van der Waals surface area contributed by atoms with Gasteiger partial charge in [0.15, 0.2) is 0 Å². The van der Waals surface area contributed by atoms with Gasteiger partial charge in [0.1, 0.15) is 0 Å². The molecule has 0 radical (unpaired) electrons. The minimum absolute atomic E-state index is 0.144. The molecule has 0 bridgehead atoms. The minimum atomic E-state index is -4.94. The topological polar surface area (TPSA) is 20.3 Å². The van der Waals surface area contributed by atoms with Crippen molar-refractivity contribution in [1.29, 1.82) is 0 Å². The van der Waals surface area contributed by atoms with Gasteiger partial charge in [-0.15, -0.1) is 0 Å². The molecule has 2 nitrogen and oxygen atoms in total. The first-order chi connectivity index (χ1) is 8.06. The zero-order chi connectivity index (χ0) is 14.1. The van der Waals surface area contributed by atoms with Crippen molar-refractivity contribution < 1.29 is 35.5 Å². The Morgan fingerprint density at radius 3 is 2.17 bits per heavy atom. The third kappa shape index (κ3) is 3.05. The summed E-state index contributed by atoms with van der Waals surface area (Å²) in [6, 6.07) is 0. The average molecular weight is 281 g/mol. The Morgan fingerprint density at radius 2 is 1.72 bits per heavy atom.